The second kappa shape index (κ2) is 6.09. The molecule has 2 N–H and O–H groups in total. The summed E-state index contributed by atoms with van der Waals surface area (Å²) in [6.45, 7) is 3.80. The highest BCUT2D eigenvalue weighted by molar-refractivity contribution is 9.10. The fraction of sp³-hybridized carbons (Fsp3) is 0.214. The van der Waals surface area contributed by atoms with E-state index in [-0.39, 0.29) is 18.0 Å². The second-order valence-corrected chi connectivity index (χ2v) is 5.49. The maximum absolute atomic E-state index is 12.0. The van der Waals surface area contributed by atoms with Gasteiger partial charge in [0, 0.05) is 10.2 Å². The predicted molar refractivity (Wildman–Crippen MR) is 81.4 cm³/mol. The highest BCUT2D eigenvalue weighted by Gasteiger charge is 2.11. The number of carboxylic acid groups (broad SMARTS) is 1. The van der Waals surface area contributed by atoms with Crippen LogP contribution < -0.4 is 5.32 Å². The third-order valence-corrected chi connectivity index (χ3v) is 3.58. The first-order chi connectivity index (χ1) is 9.86. The van der Waals surface area contributed by atoms with Crippen LogP contribution in [0.4, 0.5) is 5.69 Å². The Balaban J connectivity index is 2.14. The largest absolute Gasteiger partial charge is 0.478 e. The lowest BCUT2D eigenvalue weighted by atomic mass is 10.2. The molecule has 0 saturated carbocycles. The van der Waals surface area contributed by atoms with E-state index in [0.717, 1.165) is 11.4 Å². The maximum atomic E-state index is 12.0. The van der Waals surface area contributed by atoms with E-state index in [1.807, 2.05) is 19.9 Å². The predicted octanol–water partition coefficient (Wildman–Crippen LogP) is 2.60. The molecule has 1 aromatic carbocycles. The van der Waals surface area contributed by atoms with Crippen LogP contribution in [0.3, 0.4) is 0 Å². The van der Waals surface area contributed by atoms with Crippen molar-refractivity contribution in [1.82, 2.24) is 9.78 Å². The van der Waals surface area contributed by atoms with Gasteiger partial charge < -0.3 is 10.4 Å². The Kier molecular flexibility index (Phi) is 4.42. The van der Waals surface area contributed by atoms with Gasteiger partial charge in [-0.2, -0.15) is 5.10 Å². The van der Waals surface area contributed by atoms with Gasteiger partial charge in [-0.1, -0.05) is 0 Å². The molecule has 1 amide bonds. The van der Waals surface area contributed by atoms with Crippen molar-refractivity contribution in [2.75, 3.05) is 5.32 Å². The van der Waals surface area contributed by atoms with Crippen molar-refractivity contribution in [2.24, 2.45) is 0 Å². The summed E-state index contributed by atoms with van der Waals surface area (Å²) in [5, 5.41) is 15.9. The molecule has 2 rings (SSSR count). The van der Waals surface area contributed by atoms with Crippen molar-refractivity contribution in [3.63, 3.8) is 0 Å². The molecule has 1 heterocycles. The van der Waals surface area contributed by atoms with Crippen molar-refractivity contribution in [3.05, 3.63) is 45.7 Å². The SMILES string of the molecule is Cc1cc(C)n(CC(=O)Nc2cc(C(=O)O)ccc2Br)n1. The summed E-state index contributed by atoms with van der Waals surface area (Å²) >= 11 is 3.28. The number of nitrogens with zero attached hydrogens (tertiary/aromatic N) is 2. The number of amides is 1. The van der Waals surface area contributed by atoms with E-state index >= 15 is 0 Å². The first-order valence-corrected chi connectivity index (χ1v) is 7.00. The van der Waals surface area contributed by atoms with Crippen LogP contribution in [0, 0.1) is 13.8 Å². The summed E-state index contributed by atoms with van der Waals surface area (Å²) < 4.78 is 2.22. The number of hydrogen-bond donors (Lipinski definition) is 2. The quantitative estimate of drug-likeness (QED) is 0.886. The van der Waals surface area contributed by atoms with E-state index in [0.29, 0.717) is 10.2 Å². The third kappa shape index (κ3) is 3.69. The molecule has 21 heavy (non-hydrogen) atoms. The number of carboxylic acids is 1. The van der Waals surface area contributed by atoms with Crippen molar-refractivity contribution in [2.45, 2.75) is 20.4 Å². The number of benzene rings is 1. The van der Waals surface area contributed by atoms with Gasteiger partial charge in [-0.25, -0.2) is 4.79 Å². The lowest BCUT2D eigenvalue weighted by Gasteiger charge is -2.09. The van der Waals surface area contributed by atoms with E-state index in [4.69, 9.17) is 5.11 Å². The summed E-state index contributed by atoms with van der Waals surface area (Å²) in [7, 11) is 0. The number of rotatable bonds is 4. The van der Waals surface area contributed by atoms with Gasteiger partial charge in [-0.05, 0) is 54.0 Å². The second-order valence-electron chi connectivity index (χ2n) is 4.63. The zero-order valence-electron chi connectivity index (χ0n) is 11.6. The molecule has 1 aromatic heterocycles. The minimum atomic E-state index is -1.04. The van der Waals surface area contributed by atoms with Crippen molar-refractivity contribution >= 4 is 33.5 Å². The fourth-order valence-electron chi connectivity index (χ4n) is 1.91. The molecular weight excluding hydrogens is 338 g/mol. The van der Waals surface area contributed by atoms with Crippen LogP contribution in [-0.4, -0.2) is 26.8 Å². The fourth-order valence-corrected chi connectivity index (χ4v) is 2.26. The first kappa shape index (κ1) is 15.2. The van der Waals surface area contributed by atoms with Crippen LogP contribution in [-0.2, 0) is 11.3 Å². The average molecular weight is 352 g/mol. The van der Waals surface area contributed by atoms with Gasteiger partial charge in [0.25, 0.3) is 0 Å². The molecule has 7 heteroatoms. The molecule has 0 radical (unpaired) electrons. The Bertz CT molecular complexity index is 709. The lowest BCUT2D eigenvalue weighted by Crippen LogP contribution is -2.20. The van der Waals surface area contributed by atoms with Crippen molar-refractivity contribution in [1.29, 1.82) is 0 Å². The summed E-state index contributed by atoms with van der Waals surface area (Å²) in [4.78, 5) is 23.0. The van der Waals surface area contributed by atoms with Gasteiger partial charge in [-0.15, -0.1) is 0 Å². The number of aryl methyl sites for hydroxylation is 2. The number of hydrogen-bond acceptors (Lipinski definition) is 3. The summed E-state index contributed by atoms with van der Waals surface area (Å²) in [6, 6.07) is 6.34. The molecule has 0 aliphatic carbocycles. The van der Waals surface area contributed by atoms with Crippen LogP contribution in [0.5, 0.6) is 0 Å². The molecule has 0 aliphatic rings. The number of nitrogens with one attached hydrogen (secondary N) is 1. The first-order valence-electron chi connectivity index (χ1n) is 6.20. The van der Waals surface area contributed by atoms with E-state index < -0.39 is 5.97 Å². The number of halogens is 1. The van der Waals surface area contributed by atoms with Crippen molar-refractivity contribution < 1.29 is 14.7 Å². The Morgan fingerprint density at radius 1 is 1.33 bits per heavy atom. The smallest absolute Gasteiger partial charge is 0.335 e. The summed E-state index contributed by atoms with van der Waals surface area (Å²) in [5.74, 6) is -1.32. The maximum Gasteiger partial charge on any atom is 0.335 e. The van der Waals surface area contributed by atoms with Crippen LogP contribution in [0.15, 0.2) is 28.7 Å². The molecule has 0 unspecified atom stereocenters. The minimum absolute atomic E-state index is 0.0728. The molecule has 2 aromatic rings. The zero-order chi connectivity index (χ0) is 15.6. The van der Waals surface area contributed by atoms with Crippen LogP contribution in [0.1, 0.15) is 21.7 Å². The Hall–Kier alpha value is -2.15. The van der Waals surface area contributed by atoms with Gasteiger partial charge in [0.15, 0.2) is 0 Å². The van der Waals surface area contributed by atoms with Crippen molar-refractivity contribution in [3.8, 4) is 0 Å². The third-order valence-electron chi connectivity index (χ3n) is 2.88. The Morgan fingerprint density at radius 3 is 2.62 bits per heavy atom. The summed E-state index contributed by atoms with van der Waals surface area (Å²) in [6.07, 6.45) is 0. The Labute approximate surface area is 129 Å². The molecule has 0 atom stereocenters. The molecular formula is C14H14BrN3O3. The standard InChI is InChI=1S/C14H14BrN3O3/c1-8-5-9(2)18(17-8)7-13(19)16-12-6-10(14(20)21)3-4-11(12)15/h3-6H,7H2,1-2H3,(H,16,19)(H,20,21). The van der Waals surface area contributed by atoms with E-state index in [9.17, 15) is 9.59 Å². The molecule has 6 nitrogen and oxygen atoms in total. The summed E-state index contributed by atoms with van der Waals surface area (Å²) in [5.41, 5.74) is 2.26. The van der Waals surface area contributed by atoms with Gasteiger partial charge in [0.05, 0.1) is 16.9 Å². The van der Waals surface area contributed by atoms with E-state index in [1.165, 1.54) is 12.1 Å². The monoisotopic (exact) mass is 351 g/mol. The molecule has 0 spiro atoms. The van der Waals surface area contributed by atoms with Gasteiger partial charge in [-0.3, -0.25) is 9.48 Å². The normalized spacial score (nSPS) is 10.4. The van der Waals surface area contributed by atoms with Gasteiger partial charge in [0.1, 0.15) is 6.54 Å². The minimum Gasteiger partial charge on any atom is -0.478 e. The van der Waals surface area contributed by atoms with Crippen LogP contribution in [0.25, 0.3) is 0 Å². The molecule has 0 fully saturated rings. The van der Waals surface area contributed by atoms with Crippen LogP contribution >= 0.6 is 15.9 Å². The molecule has 0 bridgehead atoms. The Morgan fingerprint density at radius 2 is 2.05 bits per heavy atom. The van der Waals surface area contributed by atoms with E-state index in [1.54, 1.807) is 10.7 Å². The van der Waals surface area contributed by atoms with Gasteiger partial charge >= 0.3 is 5.97 Å². The highest BCUT2D eigenvalue weighted by Crippen LogP contribution is 2.23. The lowest BCUT2D eigenvalue weighted by molar-refractivity contribution is -0.116. The van der Waals surface area contributed by atoms with Gasteiger partial charge in [0.2, 0.25) is 5.91 Å². The topological polar surface area (TPSA) is 84.2 Å². The van der Waals surface area contributed by atoms with Crippen LogP contribution in [0.2, 0.25) is 0 Å². The number of carbonyl (C=O) groups excluding carboxylic acids is 1. The highest BCUT2D eigenvalue weighted by atomic mass is 79.9. The molecule has 110 valence electrons. The zero-order valence-corrected chi connectivity index (χ0v) is 13.1. The number of anilines is 1. The molecule has 0 aliphatic heterocycles. The molecule has 0 saturated heterocycles. The number of aromatic carboxylic acids is 1. The number of carbonyl (C=O) groups is 2. The average Bonchev–Trinajstić information content (AvgIpc) is 2.70. The number of aromatic nitrogens is 2. The van der Waals surface area contributed by atoms with E-state index in [2.05, 4.69) is 26.3 Å².